The number of nitrogens with zero attached hydrogens (tertiary/aromatic N) is 4. The highest BCUT2D eigenvalue weighted by Crippen LogP contribution is 2.23. The van der Waals surface area contributed by atoms with Crippen LogP contribution in [0.15, 0.2) is 4.79 Å². The Labute approximate surface area is 165 Å². The third kappa shape index (κ3) is 3.48. The van der Waals surface area contributed by atoms with Gasteiger partial charge < -0.3 is 9.80 Å². The van der Waals surface area contributed by atoms with E-state index >= 15 is 0 Å². The Morgan fingerprint density at radius 1 is 1.14 bits per heavy atom. The van der Waals surface area contributed by atoms with E-state index in [4.69, 9.17) is 0 Å². The van der Waals surface area contributed by atoms with Crippen LogP contribution in [0.5, 0.6) is 0 Å². The first-order valence-electron chi connectivity index (χ1n) is 10.5. The molecular formula is C21H31N5O2. The Kier molecular flexibility index (Phi) is 5.27. The molecule has 7 heteroatoms. The van der Waals surface area contributed by atoms with Crippen molar-refractivity contribution in [3.8, 4) is 0 Å². The maximum absolute atomic E-state index is 12.8. The van der Waals surface area contributed by atoms with E-state index in [0.29, 0.717) is 29.9 Å². The summed E-state index contributed by atoms with van der Waals surface area (Å²) in [5.74, 6) is 0.223. The molecular weight excluding hydrogens is 354 g/mol. The maximum atomic E-state index is 12.8. The van der Waals surface area contributed by atoms with Crippen LogP contribution < -0.4 is 5.56 Å². The highest BCUT2D eigenvalue weighted by atomic mass is 16.2. The number of fused-ring (bicyclic) bond motifs is 1. The van der Waals surface area contributed by atoms with Crippen LogP contribution >= 0.6 is 0 Å². The molecule has 1 amide bonds. The van der Waals surface area contributed by atoms with Gasteiger partial charge >= 0.3 is 0 Å². The van der Waals surface area contributed by atoms with Gasteiger partial charge in [-0.05, 0) is 70.2 Å². The number of piperidine rings is 1. The van der Waals surface area contributed by atoms with Crippen molar-refractivity contribution in [1.82, 2.24) is 24.6 Å². The molecule has 0 atom stereocenters. The van der Waals surface area contributed by atoms with E-state index in [1.165, 1.54) is 25.9 Å². The number of aryl methyl sites for hydroxylation is 3. The topological polar surface area (TPSA) is 74.2 Å². The lowest BCUT2D eigenvalue weighted by Gasteiger charge is -2.36. The molecule has 2 aliphatic rings. The van der Waals surface area contributed by atoms with Crippen LogP contribution in [0.3, 0.4) is 0 Å². The highest BCUT2D eigenvalue weighted by molar-refractivity contribution is 5.81. The predicted molar refractivity (Wildman–Crippen MR) is 110 cm³/mol. The van der Waals surface area contributed by atoms with Gasteiger partial charge in [-0.2, -0.15) is 0 Å². The van der Waals surface area contributed by atoms with Gasteiger partial charge in [0.25, 0.3) is 5.56 Å². The number of hydrogen-bond acceptors (Lipinski definition) is 4. The molecule has 4 rings (SSSR count). The van der Waals surface area contributed by atoms with Crippen LogP contribution in [-0.2, 0) is 18.3 Å². The summed E-state index contributed by atoms with van der Waals surface area (Å²) in [6.07, 6.45) is 5.95. The Morgan fingerprint density at radius 3 is 2.50 bits per heavy atom. The molecule has 0 unspecified atom stereocenters. The Morgan fingerprint density at radius 2 is 1.82 bits per heavy atom. The van der Waals surface area contributed by atoms with Gasteiger partial charge in [-0.25, -0.2) is 4.98 Å². The zero-order chi connectivity index (χ0) is 19.8. The second-order valence-corrected chi connectivity index (χ2v) is 8.35. The van der Waals surface area contributed by atoms with Gasteiger partial charge in [0.15, 0.2) is 5.65 Å². The molecule has 0 aliphatic carbocycles. The molecule has 2 aromatic heterocycles. The molecule has 1 N–H and O–H groups in total. The van der Waals surface area contributed by atoms with Gasteiger partial charge in [0.05, 0.1) is 5.39 Å². The fraction of sp³-hybridized carbons (Fsp3) is 0.667. The molecule has 0 bridgehead atoms. The summed E-state index contributed by atoms with van der Waals surface area (Å²) in [4.78, 5) is 34.2. The van der Waals surface area contributed by atoms with E-state index < -0.39 is 0 Å². The quantitative estimate of drug-likeness (QED) is 0.872. The standard InChI is InChI=1S/C21H31N5O2/c1-14-17(15(2)22-20-19(14)21(28)23-24(20)3)6-7-18(27)26-12-8-16(9-13-26)25-10-4-5-11-25/h16H,4-13H2,1-3H3,(H,23,28). The van der Waals surface area contributed by atoms with Gasteiger partial charge in [-0.15, -0.1) is 0 Å². The van der Waals surface area contributed by atoms with Crippen molar-refractivity contribution in [2.24, 2.45) is 7.05 Å². The van der Waals surface area contributed by atoms with E-state index in [9.17, 15) is 9.59 Å². The van der Waals surface area contributed by atoms with Crippen LogP contribution in [0.2, 0.25) is 0 Å². The largest absolute Gasteiger partial charge is 0.343 e. The fourth-order valence-electron chi connectivity index (χ4n) is 4.99. The summed E-state index contributed by atoms with van der Waals surface area (Å²) >= 11 is 0. The summed E-state index contributed by atoms with van der Waals surface area (Å²) in [5.41, 5.74) is 3.45. The first-order chi connectivity index (χ1) is 13.5. The van der Waals surface area contributed by atoms with Crippen LogP contribution in [0.1, 0.15) is 48.9 Å². The van der Waals surface area contributed by atoms with Crippen molar-refractivity contribution >= 4 is 16.9 Å². The van der Waals surface area contributed by atoms with Crippen molar-refractivity contribution in [2.75, 3.05) is 26.2 Å². The van der Waals surface area contributed by atoms with E-state index in [0.717, 1.165) is 42.8 Å². The number of hydrogen-bond donors (Lipinski definition) is 1. The van der Waals surface area contributed by atoms with Crippen LogP contribution in [0, 0.1) is 13.8 Å². The second kappa shape index (κ2) is 7.70. The normalized spacial score (nSPS) is 19.0. The highest BCUT2D eigenvalue weighted by Gasteiger charge is 2.28. The number of aromatic amines is 1. The van der Waals surface area contributed by atoms with E-state index in [-0.39, 0.29) is 11.5 Å². The summed E-state index contributed by atoms with van der Waals surface area (Å²) in [6.45, 7) is 8.12. The third-order valence-electron chi connectivity index (χ3n) is 6.64. The van der Waals surface area contributed by atoms with Gasteiger partial charge in [0, 0.05) is 38.3 Å². The fourth-order valence-corrected chi connectivity index (χ4v) is 4.99. The summed E-state index contributed by atoms with van der Waals surface area (Å²) in [5, 5.41) is 3.41. The number of carbonyl (C=O) groups is 1. The maximum Gasteiger partial charge on any atom is 0.273 e. The molecule has 0 radical (unpaired) electrons. The number of aromatic nitrogens is 3. The second-order valence-electron chi connectivity index (χ2n) is 8.35. The van der Waals surface area contributed by atoms with E-state index in [1.807, 2.05) is 18.7 Å². The monoisotopic (exact) mass is 385 g/mol. The number of H-pyrrole nitrogens is 1. The van der Waals surface area contributed by atoms with Crippen molar-refractivity contribution in [1.29, 1.82) is 0 Å². The first kappa shape index (κ1) is 19.2. The average Bonchev–Trinajstić information content (AvgIpc) is 3.30. The summed E-state index contributed by atoms with van der Waals surface area (Å²) in [7, 11) is 1.80. The smallest absolute Gasteiger partial charge is 0.273 e. The number of pyridine rings is 1. The Hall–Kier alpha value is -2.15. The minimum Gasteiger partial charge on any atom is -0.343 e. The lowest BCUT2D eigenvalue weighted by atomic mass is 9.99. The third-order valence-corrected chi connectivity index (χ3v) is 6.64. The molecule has 4 heterocycles. The zero-order valence-electron chi connectivity index (χ0n) is 17.3. The van der Waals surface area contributed by atoms with Gasteiger partial charge in [0.2, 0.25) is 5.91 Å². The lowest BCUT2D eigenvalue weighted by Crippen LogP contribution is -2.46. The van der Waals surface area contributed by atoms with E-state index in [2.05, 4.69) is 15.0 Å². The first-order valence-corrected chi connectivity index (χ1v) is 10.5. The molecule has 0 saturated carbocycles. The molecule has 0 spiro atoms. The summed E-state index contributed by atoms with van der Waals surface area (Å²) < 4.78 is 1.66. The Bertz CT molecular complexity index is 930. The van der Waals surface area contributed by atoms with Gasteiger partial charge in [-0.1, -0.05) is 0 Å². The van der Waals surface area contributed by atoms with Crippen molar-refractivity contribution in [3.63, 3.8) is 0 Å². The molecule has 2 fully saturated rings. The molecule has 152 valence electrons. The van der Waals surface area contributed by atoms with Crippen molar-refractivity contribution in [2.45, 2.75) is 58.4 Å². The zero-order valence-corrected chi connectivity index (χ0v) is 17.3. The molecule has 7 nitrogen and oxygen atoms in total. The average molecular weight is 386 g/mol. The van der Waals surface area contributed by atoms with E-state index in [1.54, 1.807) is 11.7 Å². The van der Waals surface area contributed by atoms with Gasteiger partial charge in [-0.3, -0.25) is 19.4 Å². The number of rotatable bonds is 4. The molecule has 0 aromatic carbocycles. The number of carbonyl (C=O) groups excluding carboxylic acids is 1. The number of likely N-dealkylation sites (tertiary alicyclic amines) is 2. The van der Waals surface area contributed by atoms with Crippen molar-refractivity contribution in [3.05, 3.63) is 27.2 Å². The lowest BCUT2D eigenvalue weighted by molar-refractivity contribution is -0.132. The number of nitrogens with one attached hydrogen (secondary N) is 1. The number of amides is 1. The van der Waals surface area contributed by atoms with Crippen LogP contribution in [-0.4, -0.2) is 62.7 Å². The molecule has 28 heavy (non-hydrogen) atoms. The molecule has 2 saturated heterocycles. The predicted octanol–water partition coefficient (Wildman–Crippen LogP) is 1.90. The van der Waals surface area contributed by atoms with Crippen molar-refractivity contribution < 1.29 is 4.79 Å². The summed E-state index contributed by atoms with van der Waals surface area (Å²) in [6, 6.07) is 0.660. The Balaban J connectivity index is 1.40. The minimum atomic E-state index is -0.112. The molecule has 2 aliphatic heterocycles. The SMILES string of the molecule is Cc1nc2c(c(C)c1CCC(=O)N1CCC(N3CCCC3)CC1)c(=O)[nH]n2C. The molecule has 2 aromatic rings. The van der Waals surface area contributed by atoms with Crippen LogP contribution in [0.25, 0.3) is 11.0 Å². The minimum absolute atomic E-state index is 0.112. The van der Waals surface area contributed by atoms with Crippen LogP contribution in [0.4, 0.5) is 0 Å². The van der Waals surface area contributed by atoms with Gasteiger partial charge in [0.1, 0.15) is 0 Å².